The van der Waals surface area contributed by atoms with Gasteiger partial charge in [0.05, 0.1) is 17.9 Å². The fourth-order valence-electron chi connectivity index (χ4n) is 3.31. The van der Waals surface area contributed by atoms with Crippen LogP contribution in [0.3, 0.4) is 0 Å². The summed E-state index contributed by atoms with van der Waals surface area (Å²) in [5.41, 5.74) is 2.70. The SMILES string of the molecule is Cc1cc(OCc2c(C)nnn2-c2ccc(C(F)F)cc2)nnc1N1CCNC(=O)C1. The zero-order valence-corrected chi connectivity index (χ0v) is 17.0. The summed E-state index contributed by atoms with van der Waals surface area (Å²) in [7, 11) is 0. The average Bonchev–Trinajstić information content (AvgIpc) is 3.12. The van der Waals surface area contributed by atoms with Crippen LogP contribution in [0.5, 0.6) is 5.88 Å². The van der Waals surface area contributed by atoms with Gasteiger partial charge in [0.2, 0.25) is 11.8 Å². The Kier molecular flexibility index (Phi) is 5.74. The number of hydrogen-bond acceptors (Lipinski definition) is 7. The molecule has 1 amide bonds. The third-order valence-corrected chi connectivity index (χ3v) is 4.98. The van der Waals surface area contributed by atoms with Gasteiger partial charge in [-0.1, -0.05) is 17.3 Å². The maximum absolute atomic E-state index is 12.8. The van der Waals surface area contributed by atoms with Crippen LogP contribution in [0.15, 0.2) is 30.3 Å². The van der Waals surface area contributed by atoms with Crippen molar-refractivity contribution in [3.8, 4) is 11.6 Å². The first-order valence-electron chi connectivity index (χ1n) is 9.71. The molecular weight excluding hydrogens is 408 g/mol. The predicted molar refractivity (Wildman–Crippen MR) is 107 cm³/mol. The number of nitrogens with one attached hydrogen (secondary N) is 1. The Balaban J connectivity index is 1.49. The lowest BCUT2D eigenvalue weighted by molar-refractivity contribution is -0.120. The third-order valence-electron chi connectivity index (χ3n) is 4.98. The van der Waals surface area contributed by atoms with Crippen molar-refractivity contribution >= 4 is 11.7 Å². The van der Waals surface area contributed by atoms with Crippen LogP contribution in [0.25, 0.3) is 5.69 Å². The number of hydrogen-bond donors (Lipinski definition) is 1. The van der Waals surface area contributed by atoms with E-state index in [1.165, 1.54) is 12.1 Å². The van der Waals surface area contributed by atoms with Crippen LogP contribution in [0, 0.1) is 13.8 Å². The second-order valence-electron chi connectivity index (χ2n) is 7.17. The standard InChI is InChI=1S/C20H21F2N7O2/c1-12-9-18(25-26-20(12)28-8-7-23-17(30)10-28)31-11-16-13(2)24-27-29(16)15-5-3-14(4-6-15)19(21)22/h3-6,9,19H,7-8,10-11H2,1-2H3,(H,23,30). The van der Waals surface area contributed by atoms with Gasteiger partial charge in [0.1, 0.15) is 12.3 Å². The van der Waals surface area contributed by atoms with E-state index in [0.717, 1.165) is 5.56 Å². The molecule has 0 unspecified atom stereocenters. The molecule has 2 aromatic heterocycles. The topological polar surface area (TPSA) is 98.1 Å². The molecule has 4 rings (SSSR count). The van der Waals surface area contributed by atoms with E-state index < -0.39 is 6.43 Å². The summed E-state index contributed by atoms with van der Waals surface area (Å²) in [6, 6.07) is 7.60. The first-order valence-corrected chi connectivity index (χ1v) is 9.71. The molecule has 1 aliphatic heterocycles. The fraction of sp³-hybridized carbons (Fsp3) is 0.350. The van der Waals surface area contributed by atoms with E-state index in [-0.39, 0.29) is 24.6 Å². The van der Waals surface area contributed by atoms with E-state index in [1.54, 1.807) is 29.8 Å². The first-order chi connectivity index (χ1) is 14.9. The van der Waals surface area contributed by atoms with E-state index >= 15 is 0 Å². The van der Waals surface area contributed by atoms with E-state index in [9.17, 15) is 13.6 Å². The van der Waals surface area contributed by atoms with E-state index in [1.807, 2.05) is 11.8 Å². The Hall–Kier alpha value is -3.63. The van der Waals surface area contributed by atoms with E-state index in [2.05, 4.69) is 25.8 Å². The number of ether oxygens (including phenoxy) is 1. The largest absolute Gasteiger partial charge is 0.470 e. The highest BCUT2D eigenvalue weighted by Crippen LogP contribution is 2.23. The van der Waals surface area contributed by atoms with Gasteiger partial charge >= 0.3 is 0 Å². The molecule has 1 N–H and O–H groups in total. The number of carbonyl (C=O) groups excluding carboxylic acids is 1. The summed E-state index contributed by atoms with van der Waals surface area (Å²) in [5, 5.41) is 19.3. The fourth-order valence-corrected chi connectivity index (χ4v) is 3.31. The monoisotopic (exact) mass is 429 g/mol. The van der Waals surface area contributed by atoms with Gasteiger partial charge in [-0.3, -0.25) is 4.79 Å². The van der Waals surface area contributed by atoms with Crippen molar-refractivity contribution < 1.29 is 18.3 Å². The van der Waals surface area contributed by atoms with Gasteiger partial charge < -0.3 is 15.0 Å². The molecule has 9 nitrogen and oxygen atoms in total. The Morgan fingerprint density at radius 1 is 1.16 bits per heavy atom. The van der Waals surface area contributed by atoms with Crippen LogP contribution < -0.4 is 15.0 Å². The summed E-state index contributed by atoms with van der Waals surface area (Å²) >= 11 is 0. The molecule has 0 atom stereocenters. The summed E-state index contributed by atoms with van der Waals surface area (Å²) in [4.78, 5) is 13.5. The molecule has 0 bridgehead atoms. The zero-order chi connectivity index (χ0) is 22.0. The number of aryl methyl sites for hydroxylation is 2. The molecule has 0 radical (unpaired) electrons. The lowest BCUT2D eigenvalue weighted by atomic mass is 10.2. The summed E-state index contributed by atoms with van der Waals surface area (Å²) in [5.74, 6) is 0.915. The Labute approximate surface area is 177 Å². The molecule has 1 saturated heterocycles. The predicted octanol–water partition coefficient (Wildman–Crippen LogP) is 2.13. The number of nitrogens with zero attached hydrogens (tertiary/aromatic N) is 6. The number of anilines is 1. The van der Waals surface area contributed by atoms with Gasteiger partial charge in [-0.2, -0.15) is 0 Å². The van der Waals surface area contributed by atoms with Crippen LogP contribution in [0.1, 0.15) is 28.9 Å². The molecule has 0 spiro atoms. The minimum absolute atomic E-state index is 0.0504. The Morgan fingerprint density at radius 2 is 1.94 bits per heavy atom. The van der Waals surface area contributed by atoms with Crippen LogP contribution in [0.2, 0.25) is 0 Å². The number of benzene rings is 1. The van der Waals surface area contributed by atoms with Gasteiger partial charge in [0.25, 0.3) is 6.43 Å². The summed E-state index contributed by atoms with van der Waals surface area (Å²) in [6.45, 7) is 5.25. The highest BCUT2D eigenvalue weighted by molar-refractivity contribution is 5.82. The third kappa shape index (κ3) is 4.44. The van der Waals surface area contributed by atoms with Gasteiger partial charge in [0.15, 0.2) is 5.82 Å². The molecule has 3 heterocycles. The molecular formula is C20H21F2N7O2. The summed E-state index contributed by atoms with van der Waals surface area (Å²) in [6.07, 6.45) is -2.53. The Morgan fingerprint density at radius 3 is 2.61 bits per heavy atom. The maximum atomic E-state index is 12.8. The molecule has 1 aliphatic rings. The molecule has 0 saturated carbocycles. The molecule has 162 valence electrons. The van der Waals surface area contributed by atoms with Gasteiger partial charge in [-0.15, -0.1) is 15.3 Å². The quantitative estimate of drug-likeness (QED) is 0.641. The number of alkyl halides is 2. The number of aromatic nitrogens is 5. The van der Waals surface area contributed by atoms with Crippen molar-refractivity contribution in [1.29, 1.82) is 0 Å². The molecule has 31 heavy (non-hydrogen) atoms. The van der Waals surface area contributed by atoms with Crippen molar-refractivity contribution in [2.45, 2.75) is 26.9 Å². The minimum atomic E-state index is -2.53. The van der Waals surface area contributed by atoms with E-state index in [0.29, 0.717) is 41.9 Å². The van der Waals surface area contributed by atoms with Crippen molar-refractivity contribution in [3.05, 3.63) is 52.8 Å². The van der Waals surface area contributed by atoms with Gasteiger partial charge in [-0.25, -0.2) is 13.5 Å². The molecule has 1 fully saturated rings. The smallest absolute Gasteiger partial charge is 0.263 e. The van der Waals surface area contributed by atoms with Crippen LogP contribution >= 0.6 is 0 Å². The molecule has 3 aromatic rings. The van der Waals surface area contributed by atoms with Crippen molar-refractivity contribution in [3.63, 3.8) is 0 Å². The average molecular weight is 429 g/mol. The first kappa shape index (κ1) is 20.6. The van der Waals surface area contributed by atoms with Crippen molar-refractivity contribution in [2.24, 2.45) is 0 Å². The minimum Gasteiger partial charge on any atom is -0.470 e. The highest BCUT2D eigenvalue weighted by atomic mass is 19.3. The number of amides is 1. The lowest BCUT2D eigenvalue weighted by Crippen LogP contribution is -2.48. The number of piperazine rings is 1. The lowest BCUT2D eigenvalue weighted by Gasteiger charge is -2.28. The number of carbonyl (C=O) groups is 1. The summed E-state index contributed by atoms with van der Waals surface area (Å²) < 4.78 is 33.0. The van der Waals surface area contributed by atoms with Crippen LogP contribution in [-0.4, -0.2) is 50.7 Å². The zero-order valence-electron chi connectivity index (χ0n) is 17.0. The van der Waals surface area contributed by atoms with Crippen LogP contribution in [-0.2, 0) is 11.4 Å². The van der Waals surface area contributed by atoms with Gasteiger partial charge in [-0.05, 0) is 31.5 Å². The highest BCUT2D eigenvalue weighted by Gasteiger charge is 2.20. The molecule has 11 heteroatoms. The number of halogens is 2. The van der Waals surface area contributed by atoms with Crippen molar-refractivity contribution in [1.82, 2.24) is 30.5 Å². The van der Waals surface area contributed by atoms with Crippen molar-refractivity contribution in [2.75, 3.05) is 24.5 Å². The van der Waals surface area contributed by atoms with Gasteiger partial charge in [0, 0.05) is 24.7 Å². The maximum Gasteiger partial charge on any atom is 0.263 e. The molecule has 0 aliphatic carbocycles. The normalized spacial score (nSPS) is 14.1. The van der Waals surface area contributed by atoms with Crippen LogP contribution in [0.4, 0.5) is 14.6 Å². The second-order valence-corrected chi connectivity index (χ2v) is 7.17. The second kappa shape index (κ2) is 8.62. The number of rotatable bonds is 6. The molecule has 1 aromatic carbocycles. The van der Waals surface area contributed by atoms with E-state index in [4.69, 9.17) is 4.74 Å². The Bertz CT molecular complexity index is 1090.